The summed E-state index contributed by atoms with van der Waals surface area (Å²) >= 11 is 3.50. The Morgan fingerprint density at radius 2 is 1.95 bits per heavy atom. The predicted octanol–water partition coefficient (Wildman–Crippen LogP) is 2.91. The molecule has 1 aromatic rings. The fourth-order valence-electron chi connectivity index (χ4n) is 2.63. The van der Waals surface area contributed by atoms with Gasteiger partial charge in [0.05, 0.1) is 25.2 Å². The van der Waals surface area contributed by atoms with Gasteiger partial charge in [0.2, 0.25) is 0 Å². The van der Waals surface area contributed by atoms with Crippen molar-refractivity contribution in [1.82, 2.24) is 0 Å². The van der Waals surface area contributed by atoms with Crippen LogP contribution in [0.3, 0.4) is 0 Å². The summed E-state index contributed by atoms with van der Waals surface area (Å²) in [7, 11) is -1.18. The zero-order valence-corrected chi connectivity index (χ0v) is 14.5. The Labute approximate surface area is 134 Å². The summed E-state index contributed by atoms with van der Waals surface area (Å²) in [5.41, 5.74) is 0. The maximum atomic E-state index is 11.6. The quantitative estimate of drug-likeness (QED) is 0.686. The van der Waals surface area contributed by atoms with Crippen LogP contribution in [-0.2, 0) is 9.84 Å². The summed E-state index contributed by atoms with van der Waals surface area (Å²) in [6, 6.07) is 7.48. The molecule has 0 spiro atoms. The van der Waals surface area contributed by atoms with Gasteiger partial charge in [-0.2, -0.15) is 0 Å². The maximum Gasteiger partial charge on any atom is 0.150 e. The Bertz CT molecular complexity index is 541. The predicted molar refractivity (Wildman–Crippen MR) is 87.2 cm³/mol. The van der Waals surface area contributed by atoms with Gasteiger partial charge in [-0.1, -0.05) is 15.9 Å². The molecule has 6 heteroatoms. The van der Waals surface area contributed by atoms with Crippen LogP contribution in [-0.4, -0.2) is 39.0 Å². The molecule has 1 aromatic carbocycles. The molecule has 118 valence electrons. The minimum absolute atomic E-state index is 0.258. The number of halogens is 1. The first-order valence-electron chi connectivity index (χ1n) is 7.07. The Hall–Kier alpha value is -0.750. The summed E-state index contributed by atoms with van der Waals surface area (Å²) in [5.74, 6) is 2.88. The highest BCUT2D eigenvalue weighted by molar-refractivity contribution is 9.09. The second-order valence-electron chi connectivity index (χ2n) is 5.39. The normalized spacial score (nSPS) is 21.9. The van der Waals surface area contributed by atoms with E-state index in [0.717, 1.165) is 29.7 Å². The first kappa shape index (κ1) is 16.6. The third-order valence-electron chi connectivity index (χ3n) is 3.95. The monoisotopic (exact) mass is 376 g/mol. The van der Waals surface area contributed by atoms with Crippen LogP contribution in [0.5, 0.6) is 11.5 Å². The number of sulfone groups is 1. The third-order valence-corrected chi connectivity index (χ3v) is 6.57. The van der Waals surface area contributed by atoms with Crippen LogP contribution in [0.1, 0.15) is 12.8 Å². The molecule has 0 radical (unpaired) electrons. The number of benzene rings is 1. The lowest BCUT2D eigenvalue weighted by Crippen LogP contribution is -2.20. The molecule has 1 aliphatic heterocycles. The lowest BCUT2D eigenvalue weighted by Gasteiger charge is -2.20. The standard InChI is InChI=1S/C15H21BrO4S/c1-19-14-2-4-15(5-3-14)20-8-6-12(10-16)13-7-9-21(17,18)11-13/h2-5,12-13H,6-11H2,1H3. The van der Waals surface area contributed by atoms with E-state index in [9.17, 15) is 8.42 Å². The van der Waals surface area contributed by atoms with Gasteiger partial charge in [-0.3, -0.25) is 0 Å². The van der Waals surface area contributed by atoms with Crippen LogP contribution in [0.15, 0.2) is 24.3 Å². The van der Waals surface area contributed by atoms with Crippen LogP contribution < -0.4 is 9.47 Å². The van der Waals surface area contributed by atoms with E-state index in [4.69, 9.17) is 9.47 Å². The van der Waals surface area contributed by atoms with Crippen molar-refractivity contribution in [1.29, 1.82) is 0 Å². The van der Waals surface area contributed by atoms with Crippen molar-refractivity contribution < 1.29 is 17.9 Å². The van der Waals surface area contributed by atoms with Crippen molar-refractivity contribution >= 4 is 25.8 Å². The first-order valence-corrected chi connectivity index (χ1v) is 10.0. The molecular formula is C15H21BrO4S. The fourth-order valence-corrected chi connectivity index (χ4v) is 5.41. The zero-order chi connectivity index (χ0) is 15.3. The lowest BCUT2D eigenvalue weighted by atomic mass is 9.91. The lowest BCUT2D eigenvalue weighted by molar-refractivity contribution is 0.257. The molecular weight excluding hydrogens is 356 g/mol. The molecule has 21 heavy (non-hydrogen) atoms. The highest BCUT2D eigenvalue weighted by atomic mass is 79.9. The van der Waals surface area contributed by atoms with E-state index in [1.165, 1.54) is 0 Å². The van der Waals surface area contributed by atoms with Gasteiger partial charge in [-0.25, -0.2) is 8.42 Å². The zero-order valence-electron chi connectivity index (χ0n) is 12.1. The molecule has 2 unspecified atom stereocenters. The Kier molecular flexibility index (Phi) is 5.93. The van der Waals surface area contributed by atoms with Crippen LogP contribution >= 0.6 is 15.9 Å². The highest BCUT2D eigenvalue weighted by Crippen LogP contribution is 2.29. The van der Waals surface area contributed by atoms with Crippen molar-refractivity contribution in [2.45, 2.75) is 12.8 Å². The van der Waals surface area contributed by atoms with Gasteiger partial charge in [0.15, 0.2) is 9.84 Å². The van der Waals surface area contributed by atoms with Crippen LogP contribution in [0.2, 0.25) is 0 Å². The van der Waals surface area contributed by atoms with Crippen molar-refractivity contribution in [3.8, 4) is 11.5 Å². The summed E-state index contributed by atoms with van der Waals surface area (Å²) in [6.07, 6.45) is 1.64. The SMILES string of the molecule is COc1ccc(OCCC(CBr)C2CCS(=O)(=O)C2)cc1. The van der Waals surface area contributed by atoms with Gasteiger partial charge in [0.25, 0.3) is 0 Å². The molecule has 4 nitrogen and oxygen atoms in total. The van der Waals surface area contributed by atoms with E-state index in [0.29, 0.717) is 24.0 Å². The highest BCUT2D eigenvalue weighted by Gasteiger charge is 2.32. The van der Waals surface area contributed by atoms with Gasteiger partial charge in [-0.15, -0.1) is 0 Å². The summed E-state index contributed by atoms with van der Waals surface area (Å²) in [6.45, 7) is 0.596. The van der Waals surface area contributed by atoms with E-state index < -0.39 is 9.84 Å². The van der Waals surface area contributed by atoms with Gasteiger partial charge >= 0.3 is 0 Å². The molecule has 1 heterocycles. The smallest absolute Gasteiger partial charge is 0.150 e. The second kappa shape index (κ2) is 7.49. The average Bonchev–Trinajstić information content (AvgIpc) is 2.84. The van der Waals surface area contributed by atoms with E-state index >= 15 is 0 Å². The van der Waals surface area contributed by atoms with Crippen molar-refractivity contribution in [2.75, 3.05) is 30.6 Å². The van der Waals surface area contributed by atoms with E-state index in [2.05, 4.69) is 15.9 Å². The maximum absolute atomic E-state index is 11.6. The number of hydrogen-bond acceptors (Lipinski definition) is 4. The van der Waals surface area contributed by atoms with E-state index in [-0.39, 0.29) is 5.92 Å². The van der Waals surface area contributed by atoms with Crippen molar-refractivity contribution in [2.24, 2.45) is 11.8 Å². The van der Waals surface area contributed by atoms with Gasteiger partial charge in [0.1, 0.15) is 11.5 Å². The second-order valence-corrected chi connectivity index (χ2v) is 8.27. The third kappa shape index (κ3) is 4.88. The molecule has 1 fully saturated rings. The Balaban J connectivity index is 1.80. The van der Waals surface area contributed by atoms with Gasteiger partial charge in [-0.05, 0) is 48.9 Å². The molecule has 1 saturated heterocycles. The number of rotatable bonds is 7. The Morgan fingerprint density at radius 3 is 2.48 bits per heavy atom. The molecule has 1 aliphatic rings. The molecule has 0 bridgehead atoms. The van der Waals surface area contributed by atoms with Crippen molar-refractivity contribution in [3.63, 3.8) is 0 Å². The van der Waals surface area contributed by atoms with Crippen molar-refractivity contribution in [3.05, 3.63) is 24.3 Å². The van der Waals surface area contributed by atoms with Crippen LogP contribution in [0, 0.1) is 11.8 Å². The number of methoxy groups -OCH3 is 1. The molecule has 0 aliphatic carbocycles. The Morgan fingerprint density at radius 1 is 1.29 bits per heavy atom. The minimum Gasteiger partial charge on any atom is -0.497 e. The molecule has 2 atom stereocenters. The molecule has 0 N–H and O–H groups in total. The molecule has 0 aromatic heterocycles. The first-order chi connectivity index (χ1) is 10.0. The fraction of sp³-hybridized carbons (Fsp3) is 0.600. The summed E-state index contributed by atoms with van der Waals surface area (Å²) in [5, 5.41) is 0.819. The van der Waals surface area contributed by atoms with Gasteiger partial charge < -0.3 is 9.47 Å². The largest absolute Gasteiger partial charge is 0.497 e. The van der Waals surface area contributed by atoms with Crippen LogP contribution in [0.25, 0.3) is 0 Å². The summed E-state index contributed by atoms with van der Waals surface area (Å²) in [4.78, 5) is 0. The summed E-state index contributed by atoms with van der Waals surface area (Å²) < 4.78 is 33.9. The number of ether oxygens (including phenoxy) is 2. The number of alkyl halides is 1. The average molecular weight is 377 g/mol. The molecule has 0 amide bonds. The van der Waals surface area contributed by atoms with E-state index in [1.807, 2.05) is 24.3 Å². The molecule has 2 rings (SSSR count). The van der Waals surface area contributed by atoms with E-state index in [1.54, 1.807) is 7.11 Å². The topological polar surface area (TPSA) is 52.6 Å². The van der Waals surface area contributed by atoms with Gasteiger partial charge in [0, 0.05) is 5.33 Å². The minimum atomic E-state index is -2.81. The molecule has 0 saturated carbocycles. The number of hydrogen-bond donors (Lipinski definition) is 0. The van der Waals surface area contributed by atoms with Crippen LogP contribution in [0.4, 0.5) is 0 Å².